The summed E-state index contributed by atoms with van der Waals surface area (Å²) in [6, 6.07) is 0. The first-order chi connectivity index (χ1) is 8.66. The Bertz CT molecular complexity index is 317. The van der Waals surface area contributed by atoms with Gasteiger partial charge in [0.25, 0.3) is 0 Å². The zero-order chi connectivity index (χ0) is 13.0. The van der Waals surface area contributed by atoms with Crippen molar-refractivity contribution in [2.75, 3.05) is 31.2 Å². The van der Waals surface area contributed by atoms with E-state index in [4.69, 9.17) is 9.84 Å². The summed E-state index contributed by atoms with van der Waals surface area (Å²) in [5, 5.41) is 8.75. The molecule has 6 heteroatoms. The van der Waals surface area contributed by atoms with Gasteiger partial charge in [-0.2, -0.15) is 11.8 Å². The van der Waals surface area contributed by atoms with Crippen molar-refractivity contribution in [3.8, 4) is 0 Å². The molecule has 0 aliphatic carbocycles. The molecule has 1 N–H and O–H groups in total. The van der Waals surface area contributed by atoms with Crippen LogP contribution in [0, 0.1) is 5.92 Å². The number of thioether (sulfide) groups is 1. The standard InChI is InChI=1S/C12H19NO4S/c14-11(15)7-10-8-13(3-4-17-10)12(16)9-1-5-18-6-2-9/h9-10H,1-8H2,(H,14,15). The van der Waals surface area contributed by atoms with Crippen LogP contribution < -0.4 is 0 Å². The number of aliphatic carboxylic acids is 1. The summed E-state index contributed by atoms with van der Waals surface area (Å²) in [5.41, 5.74) is 0. The molecular formula is C12H19NO4S. The summed E-state index contributed by atoms with van der Waals surface area (Å²) in [5.74, 6) is 1.56. The molecule has 0 aromatic heterocycles. The molecule has 0 aromatic carbocycles. The molecule has 2 aliphatic heterocycles. The van der Waals surface area contributed by atoms with Crippen molar-refractivity contribution in [3.05, 3.63) is 0 Å². The molecule has 5 nitrogen and oxygen atoms in total. The highest BCUT2D eigenvalue weighted by Crippen LogP contribution is 2.25. The lowest BCUT2D eigenvalue weighted by atomic mass is 10.0. The van der Waals surface area contributed by atoms with Crippen LogP contribution in [0.25, 0.3) is 0 Å². The van der Waals surface area contributed by atoms with Crippen LogP contribution in [-0.4, -0.2) is 59.2 Å². The molecule has 1 amide bonds. The zero-order valence-corrected chi connectivity index (χ0v) is 11.2. The smallest absolute Gasteiger partial charge is 0.306 e. The number of carboxylic acid groups (broad SMARTS) is 1. The maximum absolute atomic E-state index is 12.3. The van der Waals surface area contributed by atoms with Crippen LogP contribution in [0.15, 0.2) is 0 Å². The Hall–Kier alpha value is -0.750. The molecule has 18 heavy (non-hydrogen) atoms. The Morgan fingerprint density at radius 1 is 1.33 bits per heavy atom. The third-order valence-corrected chi connectivity index (χ3v) is 4.47. The van der Waals surface area contributed by atoms with Gasteiger partial charge in [-0.1, -0.05) is 0 Å². The quantitative estimate of drug-likeness (QED) is 0.825. The van der Waals surface area contributed by atoms with Gasteiger partial charge in [0.1, 0.15) is 0 Å². The fraction of sp³-hybridized carbons (Fsp3) is 0.833. The highest BCUT2D eigenvalue weighted by Gasteiger charge is 2.30. The number of hydrogen-bond donors (Lipinski definition) is 1. The highest BCUT2D eigenvalue weighted by molar-refractivity contribution is 7.99. The maximum Gasteiger partial charge on any atom is 0.306 e. The third-order valence-electron chi connectivity index (χ3n) is 3.42. The molecule has 1 unspecified atom stereocenters. The van der Waals surface area contributed by atoms with Crippen LogP contribution >= 0.6 is 11.8 Å². The SMILES string of the molecule is O=C(O)CC1CN(C(=O)C2CCSCC2)CCO1. The van der Waals surface area contributed by atoms with E-state index in [2.05, 4.69) is 0 Å². The molecular weight excluding hydrogens is 254 g/mol. The first-order valence-electron chi connectivity index (χ1n) is 6.36. The van der Waals surface area contributed by atoms with E-state index >= 15 is 0 Å². The summed E-state index contributed by atoms with van der Waals surface area (Å²) in [6.45, 7) is 1.47. The van der Waals surface area contributed by atoms with Gasteiger partial charge in [-0.15, -0.1) is 0 Å². The molecule has 2 fully saturated rings. The zero-order valence-electron chi connectivity index (χ0n) is 10.3. The maximum atomic E-state index is 12.3. The van der Waals surface area contributed by atoms with E-state index in [1.807, 2.05) is 11.8 Å². The minimum Gasteiger partial charge on any atom is -0.481 e. The second-order valence-electron chi connectivity index (χ2n) is 4.76. The lowest BCUT2D eigenvalue weighted by Crippen LogP contribution is -2.48. The van der Waals surface area contributed by atoms with Gasteiger partial charge in [-0.05, 0) is 24.3 Å². The number of carboxylic acids is 1. The fourth-order valence-electron chi connectivity index (χ4n) is 2.44. The van der Waals surface area contributed by atoms with Gasteiger partial charge >= 0.3 is 5.97 Å². The molecule has 2 saturated heterocycles. The van der Waals surface area contributed by atoms with Gasteiger partial charge in [0.2, 0.25) is 5.91 Å². The molecule has 2 heterocycles. The van der Waals surface area contributed by atoms with E-state index in [0.29, 0.717) is 19.7 Å². The van der Waals surface area contributed by atoms with Crippen molar-refractivity contribution in [2.45, 2.75) is 25.4 Å². The number of amides is 1. The largest absolute Gasteiger partial charge is 0.481 e. The number of ether oxygens (including phenoxy) is 1. The topological polar surface area (TPSA) is 66.8 Å². The molecule has 0 spiro atoms. The third kappa shape index (κ3) is 3.62. The van der Waals surface area contributed by atoms with E-state index in [-0.39, 0.29) is 24.3 Å². The van der Waals surface area contributed by atoms with Crippen LogP contribution in [0.1, 0.15) is 19.3 Å². The van der Waals surface area contributed by atoms with Crippen molar-refractivity contribution in [1.82, 2.24) is 4.90 Å². The Morgan fingerprint density at radius 3 is 2.72 bits per heavy atom. The molecule has 0 radical (unpaired) electrons. The van der Waals surface area contributed by atoms with Crippen LogP contribution in [0.4, 0.5) is 0 Å². The molecule has 2 rings (SSSR count). The summed E-state index contributed by atoms with van der Waals surface area (Å²) >= 11 is 1.90. The Kier molecular flexibility index (Phi) is 4.88. The van der Waals surface area contributed by atoms with Gasteiger partial charge in [0, 0.05) is 19.0 Å². The van der Waals surface area contributed by atoms with Gasteiger partial charge in [-0.3, -0.25) is 9.59 Å². The lowest BCUT2D eigenvalue weighted by molar-refractivity contribution is -0.150. The van der Waals surface area contributed by atoms with Crippen molar-refractivity contribution in [2.24, 2.45) is 5.92 Å². The van der Waals surface area contributed by atoms with Gasteiger partial charge < -0.3 is 14.7 Å². The summed E-state index contributed by atoms with van der Waals surface area (Å²) in [4.78, 5) is 24.7. The van der Waals surface area contributed by atoms with Crippen molar-refractivity contribution < 1.29 is 19.4 Å². The van der Waals surface area contributed by atoms with Crippen LogP contribution in [-0.2, 0) is 14.3 Å². The number of morpholine rings is 1. The number of carbonyl (C=O) groups excluding carboxylic acids is 1. The highest BCUT2D eigenvalue weighted by atomic mass is 32.2. The molecule has 0 aromatic rings. The molecule has 1 atom stereocenters. The molecule has 2 aliphatic rings. The van der Waals surface area contributed by atoms with E-state index in [1.165, 1.54) is 0 Å². The second-order valence-corrected chi connectivity index (χ2v) is 5.99. The minimum absolute atomic E-state index is 0.0235. The second kappa shape index (κ2) is 6.43. The van der Waals surface area contributed by atoms with Gasteiger partial charge in [0.15, 0.2) is 0 Å². The fourth-order valence-corrected chi connectivity index (χ4v) is 3.55. The molecule has 102 valence electrons. The van der Waals surface area contributed by atoms with E-state index in [1.54, 1.807) is 4.90 Å². The first kappa shape index (κ1) is 13.7. The molecule has 0 bridgehead atoms. The number of hydrogen-bond acceptors (Lipinski definition) is 4. The lowest BCUT2D eigenvalue weighted by Gasteiger charge is -2.35. The summed E-state index contributed by atoms with van der Waals surface area (Å²) in [7, 11) is 0. The van der Waals surface area contributed by atoms with E-state index in [9.17, 15) is 9.59 Å². The van der Waals surface area contributed by atoms with Crippen molar-refractivity contribution >= 4 is 23.6 Å². The Labute approximate surface area is 111 Å². The molecule has 0 saturated carbocycles. The monoisotopic (exact) mass is 273 g/mol. The number of rotatable bonds is 3. The Balaban J connectivity index is 1.87. The predicted octanol–water partition coefficient (Wildman–Crippen LogP) is 0.832. The average Bonchev–Trinajstić information content (AvgIpc) is 2.38. The van der Waals surface area contributed by atoms with Crippen LogP contribution in [0.3, 0.4) is 0 Å². The van der Waals surface area contributed by atoms with Crippen molar-refractivity contribution in [3.63, 3.8) is 0 Å². The number of nitrogens with zero attached hydrogens (tertiary/aromatic N) is 1. The van der Waals surface area contributed by atoms with E-state index in [0.717, 1.165) is 24.3 Å². The van der Waals surface area contributed by atoms with Crippen molar-refractivity contribution in [1.29, 1.82) is 0 Å². The predicted molar refractivity (Wildman–Crippen MR) is 68.6 cm³/mol. The van der Waals surface area contributed by atoms with E-state index < -0.39 is 5.97 Å². The summed E-state index contributed by atoms with van der Waals surface area (Å²) in [6.07, 6.45) is 1.53. The Morgan fingerprint density at radius 2 is 2.06 bits per heavy atom. The van der Waals surface area contributed by atoms with Crippen LogP contribution in [0.2, 0.25) is 0 Å². The van der Waals surface area contributed by atoms with Crippen LogP contribution in [0.5, 0.6) is 0 Å². The average molecular weight is 273 g/mol. The minimum atomic E-state index is -0.872. The van der Waals surface area contributed by atoms with Gasteiger partial charge in [0.05, 0.1) is 19.1 Å². The first-order valence-corrected chi connectivity index (χ1v) is 7.52. The van der Waals surface area contributed by atoms with Gasteiger partial charge in [-0.25, -0.2) is 0 Å². The summed E-state index contributed by atoms with van der Waals surface area (Å²) < 4.78 is 5.38. The number of carbonyl (C=O) groups is 2. The normalized spacial score (nSPS) is 26.0.